The van der Waals surface area contributed by atoms with Gasteiger partial charge in [0.25, 0.3) is 0 Å². The summed E-state index contributed by atoms with van der Waals surface area (Å²) in [6.45, 7) is 2.84. The zero-order chi connectivity index (χ0) is 47.0. The summed E-state index contributed by atoms with van der Waals surface area (Å²) in [4.78, 5) is 46.2. The van der Waals surface area contributed by atoms with Crippen LogP contribution in [-0.2, 0) is 37.5 Å². The molecule has 0 saturated heterocycles. The second kappa shape index (κ2) is 47.5. The lowest BCUT2D eigenvalue weighted by molar-refractivity contribution is -0.161. The minimum absolute atomic E-state index is 0.162. The molecule has 0 spiro atoms. The van der Waals surface area contributed by atoms with Crippen LogP contribution in [0.15, 0.2) is 24.3 Å². The quantitative estimate of drug-likeness (QED) is 0.0229. The number of unbranched alkanes of at least 4 members (excludes halogenated alkanes) is 32. The van der Waals surface area contributed by atoms with Gasteiger partial charge in [-0.15, -0.1) is 0 Å². The Morgan fingerprint density at radius 1 is 0.484 bits per heavy atom. The first-order chi connectivity index (χ1) is 31.1. The van der Waals surface area contributed by atoms with Gasteiger partial charge in [-0.05, 0) is 44.9 Å². The minimum Gasteiger partial charge on any atom is -0.480 e. The van der Waals surface area contributed by atoms with Gasteiger partial charge in [-0.1, -0.05) is 224 Å². The number of esters is 2. The van der Waals surface area contributed by atoms with Crippen molar-refractivity contribution < 1.29 is 47.5 Å². The summed E-state index contributed by atoms with van der Waals surface area (Å²) >= 11 is 0. The molecule has 0 saturated carbocycles. The first-order valence-corrected chi connectivity index (χ1v) is 27.9. The molecular formula is C52H98NO10P. The number of phosphoric ester groups is 1. The summed E-state index contributed by atoms with van der Waals surface area (Å²) in [5.74, 6) is -2.36. The Labute approximate surface area is 391 Å². The molecule has 4 N–H and O–H groups in total. The van der Waals surface area contributed by atoms with Crippen LogP contribution in [0.1, 0.15) is 258 Å². The van der Waals surface area contributed by atoms with Crippen molar-refractivity contribution in [1.82, 2.24) is 0 Å². The first-order valence-electron chi connectivity index (χ1n) is 26.4. The Morgan fingerprint density at radius 2 is 0.828 bits per heavy atom. The molecule has 0 aliphatic heterocycles. The SMILES string of the molecule is CCCCCCC/C=C\C/C=C\CCCCCCCCCCCCCC(=O)OC(COC(=O)CCCCCCCCCCCCCCCCCCC)COP(=O)(O)OCC(N)C(=O)O. The van der Waals surface area contributed by atoms with Gasteiger partial charge < -0.3 is 25.2 Å². The standard InChI is InChI=1S/C52H98NO10P/c1-3-5-7-9-11-13-15-17-19-21-22-23-24-25-26-28-30-32-34-36-38-40-42-44-51(55)63-48(46-61-64(58,59)62-47-49(53)52(56)57)45-60-50(54)43-41-39-37-35-33-31-29-27-20-18-16-14-12-10-8-6-4-2/h15,17,21-22,48-49H,3-14,16,18-20,23-47,53H2,1-2H3,(H,56,57)(H,58,59)/b17-15-,22-21-. The molecule has 0 aromatic carbocycles. The van der Waals surface area contributed by atoms with E-state index in [0.717, 1.165) is 44.9 Å². The van der Waals surface area contributed by atoms with E-state index >= 15 is 0 Å². The molecule has 64 heavy (non-hydrogen) atoms. The highest BCUT2D eigenvalue weighted by atomic mass is 31.2. The summed E-state index contributed by atoms with van der Waals surface area (Å²) in [6, 6.07) is -1.52. The normalized spacial score (nSPS) is 13.7. The van der Waals surface area contributed by atoms with Gasteiger partial charge in [0, 0.05) is 12.8 Å². The van der Waals surface area contributed by atoms with Crippen LogP contribution in [0.4, 0.5) is 0 Å². The van der Waals surface area contributed by atoms with E-state index in [0.29, 0.717) is 12.8 Å². The summed E-state index contributed by atoms with van der Waals surface area (Å²) in [5.41, 5.74) is 5.36. The van der Waals surface area contributed by atoms with Crippen LogP contribution in [0.5, 0.6) is 0 Å². The van der Waals surface area contributed by atoms with Gasteiger partial charge in [0.1, 0.15) is 12.6 Å². The molecule has 3 atom stereocenters. The Balaban J connectivity index is 4.20. The van der Waals surface area contributed by atoms with Crippen molar-refractivity contribution in [1.29, 1.82) is 0 Å². The molecule has 0 aliphatic rings. The second-order valence-electron chi connectivity index (χ2n) is 18.0. The molecular weight excluding hydrogens is 830 g/mol. The molecule has 11 nitrogen and oxygen atoms in total. The van der Waals surface area contributed by atoms with Crippen LogP contribution in [0.2, 0.25) is 0 Å². The van der Waals surface area contributed by atoms with Crippen LogP contribution < -0.4 is 5.73 Å². The van der Waals surface area contributed by atoms with Crippen molar-refractivity contribution >= 4 is 25.7 Å². The van der Waals surface area contributed by atoms with Gasteiger partial charge in [0.2, 0.25) is 0 Å². The van der Waals surface area contributed by atoms with Crippen molar-refractivity contribution in [2.75, 3.05) is 19.8 Å². The van der Waals surface area contributed by atoms with Gasteiger partial charge in [-0.2, -0.15) is 0 Å². The smallest absolute Gasteiger partial charge is 0.472 e. The third-order valence-corrected chi connectivity index (χ3v) is 12.7. The molecule has 0 fully saturated rings. The van der Waals surface area contributed by atoms with E-state index in [1.807, 2.05) is 0 Å². The Hall–Kier alpha value is -2.04. The number of ether oxygens (including phenoxy) is 2. The fourth-order valence-electron chi connectivity index (χ4n) is 7.57. The van der Waals surface area contributed by atoms with Crippen LogP contribution in [0, 0.1) is 0 Å². The van der Waals surface area contributed by atoms with Crippen molar-refractivity contribution in [2.24, 2.45) is 5.73 Å². The molecule has 0 radical (unpaired) electrons. The predicted octanol–water partition coefficient (Wildman–Crippen LogP) is 15.0. The average Bonchev–Trinajstić information content (AvgIpc) is 3.27. The number of phosphoric acid groups is 1. The highest BCUT2D eigenvalue weighted by Gasteiger charge is 2.28. The van der Waals surface area contributed by atoms with Crippen molar-refractivity contribution in [2.45, 2.75) is 270 Å². The van der Waals surface area contributed by atoms with E-state index in [-0.39, 0.29) is 19.4 Å². The van der Waals surface area contributed by atoms with Crippen LogP contribution >= 0.6 is 7.82 Å². The number of nitrogens with two attached hydrogens (primary N) is 1. The van der Waals surface area contributed by atoms with Crippen molar-refractivity contribution in [3.8, 4) is 0 Å². The summed E-state index contributed by atoms with van der Waals surface area (Å²) in [6.07, 6.45) is 52.4. The molecule has 0 rings (SSSR count). The highest BCUT2D eigenvalue weighted by Crippen LogP contribution is 2.43. The number of aliphatic carboxylic acids is 1. The fraction of sp³-hybridized carbons (Fsp3) is 0.865. The van der Waals surface area contributed by atoms with Crippen molar-refractivity contribution in [3.63, 3.8) is 0 Å². The molecule has 0 aromatic heterocycles. The maximum absolute atomic E-state index is 12.7. The number of carboxylic acids is 1. The number of hydrogen-bond acceptors (Lipinski definition) is 9. The number of carboxylic acid groups (broad SMARTS) is 1. The zero-order valence-electron chi connectivity index (χ0n) is 41.1. The van der Waals surface area contributed by atoms with E-state index < -0.39 is 51.1 Å². The molecule has 0 aromatic rings. The lowest BCUT2D eigenvalue weighted by atomic mass is 10.0. The van der Waals surface area contributed by atoms with Gasteiger partial charge in [0.05, 0.1) is 13.2 Å². The van der Waals surface area contributed by atoms with Gasteiger partial charge in [0.15, 0.2) is 6.10 Å². The van der Waals surface area contributed by atoms with Crippen LogP contribution in [0.25, 0.3) is 0 Å². The molecule has 3 unspecified atom stereocenters. The number of allylic oxidation sites excluding steroid dienone is 4. The molecule has 0 bridgehead atoms. The minimum atomic E-state index is -4.72. The lowest BCUT2D eigenvalue weighted by Gasteiger charge is -2.20. The third-order valence-electron chi connectivity index (χ3n) is 11.7. The Kier molecular flexibility index (Phi) is 45.9. The maximum Gasteiger partial charge on any atom is 0.472 e. The number of carbonyl (C=O) groups is 3. The first kappa shape index (κ1) is 62.0. The molecule has 0 aliphatic carbocycles. The monoisotopic (exact) mass is 928 g/mol. The van der Waals surface area contributed by atoms with E-state index in [9.17, 15) is 23.8 Å². The Bertz CT molecular complexity index is 1180. The molecule has 12 heteroatoms. The van der Waals surface area contributed by atoms with Gasteiger partial charge in [-0.25, -0.2) is 4.57 Å². The molecule has 0 heterocycles. The topological polar surface area (TPSA) is 172 Å². The number of hydrogen-bond donors (Lipinski definition) is 3. The van der Waals surface area contributed by atoms with Gasteiger partial charge >= 0.3 is 25.7 Å². The highest BCUT2D eigenvalue weighted by molar-refractivity contribution is 7.47. The zero-order valence-corrected chi connectivity index (χ0v) is 42.0. The molecule has 0 amide bonds. The average molecular weight is 928 g/mol. The van der Waals surface area contributed by atoms with Crippen LogP contribution in [0.3, 0.4) is 0 Å². The summed E-state index contributed by atoms with van der Waals surface area (Å²) in [7, 11) is -4.72. The summed E-state index contributed by atoms with van der Waals surface area (Å²) in [5, 5.41) is 8.92. The number of carbonyl (C=O) groups excluding carboxylic acids is 2. The Morgan fingerprint density at radius 3 is 1.22 bits per heavy atom. The third kappa shape index (κ3) is 46.5. The largest absolute Gasteiger partial charge is 0.480 e. The van der Waals surface area contributed by atoms with Crippen molar-refractivity contribution in [3.05, 3.63) is 24.3 Å². The van der Waals surface area contributed by atoms with Crippen LogP contribution in [-0.4, -0.2) is 59.9 Å². The second-order valence-corrected chi connectivity index (χ2v) is 19.5. The number of rotatable bonds is 50. The van der Waals surface area contributed by atoms with E-state index in [1.165, 1.54) is 173 Å². The maximum atomic E-state index is 12.7. The summed E-state index contributed by atoms with van der Waals surface area (Å²) < 4.78 is 32.9. The fourth-order valence-corrected chi connectivity index (χ4v) is 8.35. The molecule has 376 valence electrons. The lowest BCUT2D eigenvalue weighted by Crippen LogP contribution is -2.34. The van der Waals surface area contributed by atoms with Gasteiger partial charge in [-0.3, -0.25) is 23.4 Å². The predicted molar refractivity (Wildman–Crippen MR) is 263 cm³/mol. The van der Waals surface area contributed by atoms with E-state index in [4.69, 9.17) is 24.8 Å². The van der Waals surface area contributed by atoms with E-state index in [1.54, 1.807) is 0 Å². The van der Waals surface area contributed by atoms with E-state index in [2.05, 4.69) is 42.7 Å².